The van der Waals surface area contributed by atoms with Gasteiger partial charge in [-0.2, -0.15) is 8.42 Å². The molecule has 0 radical (unpaired) electrons. The van der Waals surface area contributed by atoms with Crippen molar-refractivity contribution in [1.29, 1.82) is 0 Å². The quantitative estimate of drug-likeness (QED) is 0.0197. The van der Waals surface area contributed by atoms with Crippen molar-refractivity contribution in [3.05, 3.63) is 36.5 Å². The lowest BCUT2D eigenvalue weighted by Gasteiger charge is -2.41. The molecular formula is C51H94O12S. The van der Waals surface area contributed by atoms with Gasteiger partial charge in [0.05, 0.1) is 19.8 Å². The molecule has 13 heteroatoms. The minimum atomic E-state index is -5.07. The highest BCUT2D eigenvalue weighted by Gasteiger charge is 2.48. The lowest BCUT2D eigenvalue weighted by atomic mass is 9.99. The van der Waals surface area contributed by atoms with Crippen LogP contribution in [-0.2, 0) is 38.3 Å². The maximum atomic E-state index is 12.9. The summed E-state index contributed by atoms with van der Waals surface area (Å²) in [5, 5.41) is 30.7. The molecule has 0 saturated carbocycles. The normalized spacial score (nSPS) is 20.0. The fourth-order valence-electron chi connectivity index (χ4n) is 7.82. The Balaban J connectivity index is 2.37. The molecule has 376 valence electrons. The summed E-state index contributed by atoms with van der Waals surface area (Å²) in [5.74, 6) is -0.404. The summed E-state index contributed by atoms with van der Waals surface area (Å²) in [4.78, 5) is 12.9. The van der Waals surface area contributed by atoms with E-state index in [9.17, 15) is 33.1 Å². The van der Waals surface area contributed by atoms with Gasteiger partial charge in [-0.3, -0.25) is 9.35 Å². The van der Waals surface area contributed by atoms with Crippen LogP contribution in [0.25, 0.3) is 0 Å². The highest BCUT2D eigenvalue weighted by Crippen LogP contribution is 2.26. The van der Waals surface area contributed by atoms with Gasteiger partial charge in [-0.1, -0.05) is 179 Å². The number of esters is 1. The second kappa shape index (κ2) is 42.7. The summed E-state index contributed by atoms with van der Waals surface area (Å²) in [7, 11) is -5.07. The standard InChI is InChI=1S/C51H94O12S/c1-3-5-7-9-11-13-15-17-19-21-23-25-27-29-31-33-35-37-39-41-59-43-45(44-60-51-49(55)50(63-64(56,57)58)48(54)46(42-52)62-51)61-47(53)40-38-36-34-32-30-28-26-24-22-20-18-16-14-12-10-8-6-4-2/h13,15,19-22,45-46,48-52,54-55H,3-12,14,16-18,23-44H2,1-2H3,(H,56,57,58)/b15-13-,21-19-,22-20-. The van der Waals surface area contributed by atoms with Gasteiger partial charge in [-0.25, -0.2) is 4.18 Å². The summed E-state index contributed by atoms with van der Waals surface area (Å²) >= 11 is 0. The van der Waals surface area contributed by atoms with Crippen LogP contribution in [-0.4, -0.2) is 97.5 Å². The molecule has 0 aromatic carbocycles. The molecule has 1 fully saturated rings. The van der Waals surface area contributed by atoms with Gasteiger partial charge in [0, 0.05) is 13.0 Å². The fourth-order valence-corrected chi connectivity index (χ4v) is 8.32. The zero-order valence-corrected chi connectivity index (χ0v) is 41.2. The first-order valence-corrected chi connectivity index (χ1v) is 27.1. The van der Waals surface area contributed by atoms with Crippen molar-refractivity contribution in [3.63, 3.8) is 0 Å². The van der Waals surface area contributed by atoms with Gasteiger partial charge in [-0.05, 0) is 70.6 Å². The zero-order chi connectivity index (χ0) is 46.8. The number of carbonyl (C=O) groups is 1. The van der Waals surface area contributed by atoms with Crippen molar-refractivity contribution in [2.75, 3.05) is 26.4 Å². The summed E-state index contributed by atoms with van der Waals surface area (Å²) in [6.07, 6.45) is 41.7. The van der Waals surface area contributed by atoms with Crippen LogP contribution in [0.15, 0.2) is 36.5 Å². The molecule has 64 heavy (non-hydrogen) atoms. The number of carbonyl (C=O) groups excluding carboxylic acids is 1. The predicted molar refractivity (Wildman–Crippen MR) is 257 cm³/mol. The maximum Gasteiger partial charge on any atom is 0.397 e. The van der Waals surface area contributed by atoms with Gasteiger partial charge >= 0.3 is 16.4 Å². The van der Waals surface area contributed by atoms with E-state index in [1.54, 1.807) is 0 Å². The van der Waals surface area contributed by atoms with Crippen LogP contribution in [0.5, 0.6) is 0 Å². The number of ether oxygens (including phenoxy) is 4. The Bertz CT molecular complexity index is 1260. The van der Waals surface area contributed by atoms with Gasteiger partial charge < -0.3 is 34.3 Å². The third-order valence-corrected chi connectivity index (χ3v) is 12.2. The molecule has 0 bridgehead atoms. The van der Waals surface area contributed by atoms with Gasteiger partial charge in [0.25, 0.3) is 0 Å². The minimum Gasteiger partial charge on any atom is -0.457 e. The van der Waals surface area contributed by atoms with Gasteiger partial charge in [0.15, 0.2) is 6.29 Å². The highest BCUT2D eigenvalue weighted by molar-refractivity contribution is 7.80. The summed E-state index contributed by atoms with van der Waals surface area (Å²) in [6, 6.07) is 0. The SMILES string of the molecule is CCCCCC/C=C\C/C=C\CCCCCCCCCCOCC(COC1OC(CO)C(O)C(OS(=O)(=O)O)C1O)OC(=O)CCCCCCCCC/C=C\CCCCCCCCC. The first-order chi connectivity index (χ1) is 31.1. The first kappa shape index (κ1) is 60.3. The van der Waals surface area contributed by atoms with Crippen LogP contribution in [0, 0.1) is 0 Å². The van der Waals surface area contributed by atoms with Crippen molar-refractivity contribution in [2.45, 2.75) is 256 Å². The fraction of sp³-hybridized carbons (Fsp3) is 0.863. The van der Waals surface area contributed by atoms with E-state index in [2.05, 4.69) is 54.5 Å². The van der Waals surface area contributed by atoms with E-state index < -0.39 is 59.8 Å². The van der Waals surface area contributed by atoms with Gasteiger partial charge in [0.1, 0.15) is 30.5 Å². The number of hydrogen-bond acceptors (Lipinski definition) is 11. The molecule has 0 spiro atoms. The van der Waals surface area contributed by atoms with Crippen molar-refractivity contribution < 1.29 is 56.2 Å². The number of rotatable bonds is 45. The van der Waals surface area contributed by atoms with Crippen molar-refractivity contribution in [3.8, 4) is 0 Å². The summed E-state index contributed by atoms with van der Waals surface area (Å²) in [5.41, 5.74) is 0. The Morgan fingerprint density at radius 2 is 1.03 bits per heavy atom. The number of unbranched alkanes of at least 4 members (excludes halogenated alkanes) is 26. The van der Waals surface area contributed by atoms with Gasteiger partial charge in [0.2, 0.25) is 0 Å². The Morgan fingerprint density at radius 3 is 1.52 bits per heavy atom. The van der Waals surface area contributed by atoms with Crippen LogP contribution in [0.3, 0.4) is 0 Å². The molecule has 1 aliphatic rings. The summed E-state index contributed by atoms with van der Waals surface area (Å²) in [6.45, 7) is 3.98. The summed E-state index contributed by atoms with van der Waals surface area (Å²) < 4.78 is 59.2. The van der Waals surface area contributed by atoms with Crippen molar-refractivity contribution >= 4 is 16.4 Å². The van der Waals surface area contributed by atoms with Crippen LogP contribution in [0.2, 0.25) is 0 Å². The molecule has 4 N–H and O–H groups in total. The van der Waals surface area contributed by atoms with Crippen LogP contribution < -0.4 is 0 Å². The molecular weight excluding hydrogens is 837 g/mol. The van der Waals surface area contributed by atoms with E-state index in [0.29, 0.717) is 13.0 Å². The van der Waals surface area contributed by atoms with E-state index in [1.807, 2.05) is 0 Å². The highest BCUT2D eigenvalue weighted by atomic mass is 32.3. The molecule has 6 unspecified atom stereocenters. The second-order valence-corrected chi connectivity index (χ2v) is 18.8. The number of aliphatic hydroxyl groups excluding tert-OH is 3. The largest absolute Gasteiger partial charge is 0.457 e. The Hall–Kier alpha value is -1.68. The Morgan fingerprint density at radius 1 is 0.594 bits per heavy atom. The lowest BCUT2D eigenvalue weighted by Crippen LogP contribution is -2.60. The molecule has 1 aliphatic heterocycles. The molecule has 6 atom stereocenters. The van der Waals surface area contributed by atoms with E-state index >= 15 is 0 Å². The molecule has 0 aromatic heterocycles. The molecule has 0 aliphatic carbocycles. The van der Waals surface area contributed by atoms with Crippen molar-refractivity contribution in [1.82, 2.24) is 0 Å². The molecule has 12 nitrogen and oxygen atoms in total. The van der Waals surface area contributed by atoms with Crippen molar-refractivity contribution in [2.24, 2.45) is 0 Å². The number of allylic oxidation sites excluding steroid dienone is 6. The lowest BCUT2D eigenvalue weighted by molar-refractivity contribution is -0.301. The topological polar surface area (TPSA) is 178 Å². The molecule has 1 rings (SSSR count). The third kappa shape index (κ3) is 35.5. The van der Waals surface area contributed by atoms with E-state index in [-0.39, 0.29) is 19.6 Å². The predicted octanol–water partition coefficient (Wildman–Crippen LogP) is 11.7. The second-order valence-electron chi connectivity index (χ2n) is 17.8. The van der Waals surface area contributed by atoms with Crippen LogP contribution >= 0.6 is 0 Å². The first-order valence-electron chi connectivity index (χ1n) is 25.7. The van der Waals surface area contributed by atoms with Gasteiger partial charge in [-0.15, -0.1) is 0 Å². The maximum absolute atomic E-state index is 12.9. The average Bonchev–Trinajstić information content (AvgIpc) is 3.27. The Labute approximate surface area is 390 Å². The number of hydrogen-bond donors (Lipinski definition) is 4. The van der Waals surface area contributed by atoms with E-state index in [0.717, 1.165) is 57.8 Å². The monoisotopic (exact) mass is 931 g/mol. The molecule has 0 amide bonds. The zero-order valence-electron chi connectivity index (χ0n) is 40.3. The smallest absolute Gasteiger partial charge is 0.397 e. The number of aliphatic hydroxyl groups is 3. The van der Waals surface area contributed by atoms with Crippen LogP contribution in [0.1, 0.15) is 219 Å². The molecule has 1 saturated heterocycles. The molecule has 1 heterocycles. The van der Waals surface area contributed by atoms with E-state index in [1.165, 1.54) is 135 Å². The minimum absolute atomic E-state index is 0.0314. The average molecular weight is 931 g/mol. The Kier molecular flexibility index (Phi) is 40.2. The third-order valence-electron chi connectivity index (χ3n) is 11.7. The van der Waals surface area contributed by atoms with E-state index in [4.69, 9.17) is 18.9 Å². The van der Waals surface area contributed by atoms with Crippen LogP contribution in [0.4, 0.5) is 0 Å². The molecule has 0 aromatic rings.